The summed E-state index contributed by atoms with van der Waals surface area (Å²) in [6.45, 7) is 2.58. The van der Waals surface area contributed by atoms with Crippen LogP contribution in [0, 0.1) is 11.8 Å². The van der Waals surface area contributed by atoms with E-state index in [1.165, 1.54) is 25.7 Å². The highest BCUT2D eigenvalue weighted by atomic mass is 16.6. The summed E-state index contributed by atoms with van der Waals surface area (Å²) in [6, 6.07) is 7.69. The normalized spacial score (nSPS) is 29.7. The smallest absolute Gasteiger partial charge is 0.407 e. The molecule has 2 aliphatic carbocycles. The Hall–Kier alpha value is -1.71. The van der Waals surface area contributed by atoms with Gasteiger partial charge in [-0.25, -0.2) is 4.79 Å². The number of methoxy groups -OCH3 is 1. The van der Waals surface area contributed by atoms with Crippen molar-refractivity contribution in [2.24, 2.45) is 11.8 Å². The Bertz CT molecular complexity index is 534. The van der Waals surface area contributed by atoms with Gasteiger partial charge in [0.1, 0.15) is 11.4 Å². The highest BCUT2D eigenvalue weighted by Crippen LogP contribution is 2.45. The average Bonchev–Trinajstić information content (AvgIpc) is 2.52. The Kier molecular flexibility index (Phi) is 4.79. The van der Waals surface area contributed by atoms with E-state index in [-0.39, 0.29) is 13.1 Å². The number of benzene rings is 1. The first-order valence-corrected chi connectivity index (χ1v) is 8.66. The Morgan fingerprint density at radius 2 is 1.91 bits per heavy atom. The number of alkyl carbamates (subject to hydrolysis) is 1. The van der Waals surface area contributed by atoms with Gasteiger partial charge in [0.2, 0.25) is 0 Å². The Morgan fingerprint density at radius 1 is 1.26 bits per heavy atom. The highest BCUT2D eigenvalue weighted by molar-refractivity contribution is 5.67. The molecular weight excluding hydrogens is 290 g/mol. The summed E-state index contributed by atoms with van der Waals surface area (Å²) in [5, 5.41) is 2.87. The average molecular weight is 319 g/mol. The molecule has 2 fully saturated rings. The van der Waals surface area contributed by atoms with E-state index in [4.69, 9.17) is 9.47 Å². The van der Waals surface area contributed by atoms with Crippen molar-refractivity contribution in [3.8, 4) is 5.75 Å². The lowest BCUT2D eigenvalue weighted by molar-refractivity contribution is -0.0486. The number of fused-ring (bicyclic) bond motifs is 2. The van der Waals surface area contributed by atoms with Crippen LogP contribution in [0.25, 0.3) is 0 Å². The maximum Gasteiger partial charge on any atom is 0.407 e. The molecule has 2 atom stereocenters. The molecule has 1 aromatic carbocycles. The molecule has 2 saturated carbocycles. The molecule has 128 valence electrons. The number of hydrogen-bond acceptors (Lipinski definition) is 3. The van der Waals surface area contributed by atoms with E-state index in [1.807, 2.05) is 24.3 Å². The quantitative estimate of drug-likeness (QED) is 0.887. The first-order chi connectivity index (χ1) is 11.1. The molecule has 2 aliphatic rings. The molecule has 0 heterocycles. The number of hydrogen-bond donors (Lipinski definition) is 1. The fourth-order valence-electron chi connectivity index (χ4n) is 4.34. The predicted octanol–water partition coefficient (Wildman–Crippen LogP) is 4.53. The van der Waals surface area contributed by atoms with Crippen molar-refractivity contribution in [2.75, 3.05) is 7.11 Å². The Labute approximate surface area is 140 Å². The first kappa shape index (κ1) is 16.2. The second kappa shape index (κ2) is 6.81. The molecule has 4 heteroatoms. The van der Waals surface area contributed by atoms with Gasteiger partial charge in [-0.15, -0.1) is 0 Å². The SMILES string of the molecule is COc1ccc(CNC(=O)OC2(C)CC3CCCC(C3)C2)cc1.[HH]. The van der Waals surface area contributed by atoms with Gasteiger partial charge in [0, 0.05) is 7.97 Å². The summed E-state index contributed by atoms with van der Waals surface area (Å²) in [5.74, 6) is 2.29. The molecule has 0 spiro atoms. The van der Waals surface area contributed by atoms with E-state index in [9.17, 15) is 4.79 Å². The molecule has 0 aromatic heterocycles. The molecule has 2 bridgehead atoms. The molecule has 1 amide bonds. The molecule has 3 rings (SSSR count). The maximum absolute atomic E-state index is 12.2. The van der Waals surface area contributed by atoms with Gasteiger partial charge in [0.25, 0.3) is 0 Å². The molecule has 1 aromatic rings. The number of rotatable bonds is 4. The summed E-state index contributed by atoms with van der Waals surface area (Å²) < 4.78 is 10.9. The predicted molar refractivity (Wildman–Crippen MR) is 91.5 cm³/mol. The van der Waals surface area contributed by atoms with Gasteiger partial charge in [-0.1, -0.05) is 31.4 Å². The molecule has 23 heavy (non-hydrogen) atoms. The van der Waals surface area contributed by atoms with Crippen molar-refractivity contribution in [3.05, 3.63) is 29.8 Å². The number of nitrogens with one attached hydrogen (secondary N) is 1. The molecule has 0 aliphatic heterocycles. The van der Waals surface area contributed by atoms with Gasteiger partial charge in [-0.2, -0.15) is 0 Å². The lowest BCUT2D eigenvalue weighted by atomic mass is 9.66. The van der Waals surface area contributed by atoms with Gasteiger partial charge < -0.3 is 14.8 Å². The van der Waals surface area contributed by atoms with Crippen molar-refractivity contribution in [1.82, 2.24) is 5.32 Å². The zero-order valence-corrected chi connectivity index (χ0v) is 14.1. The van der Waals surface area contributed by atoms with Crippen LogP contribution in [-0.2, 0) is 11.3 Å². The van der Waals surface area contributed by atoms with E-state index in [0.717, 1.165) is 36.0 Å². The van der Waals surface area contributed by atoms with E-state index in [0.29, 0.717) is 6.54 Å². The van der Waals surface area contributed by atoms with Crippen molar-refractivity contribution < 1.29 is 15.7 Å². The second-order valence-electron chi connectivity index (χ2n) is 7.35. The molecule has 1 N–H and O–H groups in total. The van der Waals surface area contributed by atoms with Gasteiger partial charge >= 0.3 is 6.09 Å². The lowest BCUT2D eigenvalue weighted by Crippen LogP contribution is -2.44. The Morgan fingerprint density at radius 3 is 2.52 bits per heavy atom. The second-order valence-corrected chi connectivity index (χ2v) is 7.35. The van der Waals surface area contributed by atoms with Crippen LogP contribution in [0.5, 0.6) is 5.75 Å². The van der Waals surface area contributed by atoms with Crippen LogP contribution in [0.3, 0.4) is 0 Å². The number of ether oxygens (including phenoxy) is 2. The van der Waals surface area contributed by atoms with Crippen LogP contribution in [0.1, 0.15) is 52.4 Å². The van der Waals surface area contributed by atoms with Gasteiger partial charge in [0.15, 0.2) is 0 Å². The van der Waals surface area contributed by atoms with Crippen LogP contribution < -0.4 is 10.1 Å². The monoisotopic (exact) mass is 319 g/mol. The van der Waals surface area contributed by atoms with Crippen LogP contribution in [-0.4, -0.2) is 18.8 Å². The van der Waals surface area contributed by atoms with E-state index < -0.39 is 0 Å². The lowest BCUT2D eigenvalue weighted by Gasteiger charge is -2.44. The number of amides is 1. The molecule has 0 saturated heterocycles. The van der Waals surface area contributed by atoms with Crippen molar-refractivity contribution in [1.29, 1.82) is 0 Å². The zero-order chi connectivity index (χ0) is 16.3. The number of carbonyl (C=O) groups is 1. The van der Waals surface area contributed by atoms with Crippen LogP contribution >= 0.6 is 0 Å². The molecular formula is C19H29NO3. The summed E-state index contributed by atoms with van der Waals surface area (Å²) in [6.07, 6.45) is 6.98. The van der Waals surface area contributed by atoms with Crippen LogP contribution in [0.15, 0.2) is 24.3 Å². The maximum atomic E-state index is 12.2. The first-order valence-electron chi connectivity index (χ1n) is 8.66. The van der Waals surface area contributed by atoms with Gasteiger partial charge in [-0.05, 0) is 55.7 Å². The van der Waals surface area contributed by atoms with E-state index in [1.54, 1.807) is 7.11 Å². The molecule has 4 nitrogen and oxygen atoms in total. The van der Waals surface area contributed by atoms with Crippen molar-refractivity contribution in [2.45, 2.75) is 57.6 Å². The highest BCUT2D eigenvalue weighted by Gasteiger charge is 2.41. The van der Waals surface area contributed by atoms with Crippen molar-refractivity contribution >= 4 is 6.09 Å². The minimum Gasteiger partial charge on any atom is -0.497 e. The summed E-state index contributed by atoms with van der Waals surface area (Å²) in [4.78, 5) is 12.2. The van der Waals surface area contributed by atoms with E-state index >= 15 is 0 Å². The minimum absolute atomic E-state index is 0. The molecule has 0 radical (unpaired) electrons. The zero-order valence-electron chi connectivity index (χ0n) is 14.1. The summed E-state index contributed by atoms with van der Waals surface area (Å²) >= 11 is 0. The third kappa shape index (κ3) is 4.18. The van der Waals surface area contributed by atoms with Gasteiger partial charge in [-0.3, -0.25) is 0 Å². The van der Waals surface area contributed by atoms with Crippen LogP contribution in [0.4, 0.5) is 4.79 Å². The summed E-state index contributed by atoms with van der Waals surface area (Å²) in [5.41, 5.74) is 0.742. The number of carbonyl (C=O) groups excluding carboxylic acids is 1. The van der Waals surface area contributed by atoms with Gasteiger partial charge in [0.05, 0.1) is 7.11 Å². The van der Waals surface area contributed by atoms with Crippen molar-refractivity contribution in [3.63, 3.8) is 0 Å². The fourth-order valence-corrected chi connectivity index (χ4v) is 4.34. The largest absolute Gasteiger partial charge is 0.497 e. The third-order valence-corrected chi connectivity index (χ3v) is 5.27. The Balaban J connectivity index is 0.00000208. The molecule has 2 unspecified atom stereocenters. The summed E-state index contributed by atoms with van der Waals surface area (Å²) in [7, 11) is 1.64. The fraction of sp³-hybridized carbons (Fsp3) is 0.632. The minimum atomic E-state index is -0.303. The third-order valence-electron chi connectivity index (χ3n) is 5.27. The standard InChI is InChI=1S/C19H27NO3.H2/c1-19(11-15-4-3-5-16(10-15)12-19)23-18(21)20-13-14-6-8-17(22-2)9-7-14;/h6-9,15-16H,3-5,10-13H2,1-2H3,(H,20,21);1H. The topological polar surface area (TPSA) is 47.6 Å². The van der Waals surface area contributed by atoms with Crippen LogP contribution in [0.2, 0.25) is 0 Å². The van der Waals surface area contributed by atoms with E-state index in [2.05, 4.69) is 12.2 Å².